The molecular weight excluding hydrogens is 1110 g/mol. The van der Waals surface area contributed by atoms with Gasteiger partial charge in [-0.3, -0.25) is 0 Å². The Labute approximate surface area is 512 Å². The van der Waals surface area contributed by atoms with E-state index in [2.05, 4.69) is 0 Å². The molecule has 0 N–H and O–H groups in total. The lowest BCUT2D eigenvalue weighted by Crippen LogP contribution is -2.64. The molecule has 0 bridgehead atoms. The van der Waals surface area contributed by atoms with E-state index in [1.807, 2.05) is 182 Å². The number of hydrogen-bond acceptors (Lipinski definition) is 14. The van der Waals surface area contributed by atoms with Crippen LogP contribution in [0.4, 0.5) is 0 Å². The summed E-state index contributed by atoms with van der Waals surface area (Å²) in [5, 5.41) is 0. The van der Waals surface area contributed by atoms with Crippen LogP contribution < -0.4 is 0 Å². The average molecular weight is 1180 g/mol. The van der Waals surface area contributed by atoms with Crippen LogP contribution in [0.15, 0.2) is 273 Å². The largest absolute Gasteiger partial charge is 0.452 e. The minimum absolute atomic E-state index is 0.133. The zero-order valence-electron chi connectivity index (χ0n) is 48.5. The van der Waals surface area contributed by atoms with Gasteiger partial charge in [0.2, 0.25) is 0 Å². The summed E-state index contributed by atoms with van der Waals surface area (Å²) in [6.07, 6.45) is -12.5. The zero-order chi connectivity index (χ0) is 60.3. The molecule has 0 spiro atoms. The quantitative estimate of drug-likeness (QED) is 0.0303. The predicted molar refractivity (Wildman–Crippen MR) is 327 cm³/mol. The molecule has 2 heterocycles. The lowest BCUT2D eigenvalue weighted by molar-refractivity contribution is -0.341. The third-order valence-corrected chi connectivity index (χ3v) is 15.5. The Kier molecular flexibility index (Phi) is 20.8. The minimum atomic E-state index is -1.65. The van der Waals surface area contributed by atoms with Gasteiger partial charge in [-0.1, -0.05) is 237 Å². The van der Waals surface area contributed by atoms with Crippen LogP contribution in [0.2, 0.25) is 0 Å². The molecule has 448 valence electrons. The first kappa shape index (κ1) is 60.7. The first-order chi connectivity index (χ1) is 43.3. The Morgan fingerprint density at radius 1 is 0.330 bits per heavy atom. The van der Waals surface area contributed by atoms with E-state index in [0.717, 1.165) is 33.4 Å². The van der Waals surface area contributed by atoms with Gasteiger partial charge in [0.25, 0.3) is 0 Å². The number of carbonyl (C=O) groups excluding carboxylic acids is 3. The fourth-order valence-corrected chi connectivity index (χ4v) is 11.1. The fraction of sp³-hybridized carbons (Fsp3) is 0.230. The van der Waals surface area contributed by atoms with E-state index < -0.39 is 84.9 Å². The first-order valence-corrected chi connectivity index (χ1v) is 29.3. The third kappa shape index (κ3) is 14.9. The van der Waals surface area contributed by atoms with Crippen molar-refractivity contribution in [2.45, 2.75) is 86.8 Å². The smallest absolute Gasteiger partial charge is 0.338 e. The highest BCUT2D eigenvalue weighted by Crippen LogP contribution is 2.42. The normalized spacial score (nSPS) is 21.8. The van der Waals surface area contributed by atoms with Gasteiger partial charge in [-0.2, -0.15) is 0 Å². The van der Waals surface area contributed by atoms with Crippen molar-refractivity contribution in [3.05, 3.63) is 323 Å². The Balaban J connectivity index is 1.02. The van der Waals surface area contributed by atoms with Crippen molar-refractivity contribution in [1.29, 1.82) is 0 Å². The van der Waals surface area contributed by atoms with Crippen molar-refractivity contribution in [2.24, 2.45) is 0 Å². The number of hydrogen-bond donors (Lipinski definition) is 0. The highest BCUT2D eigenvalue weighted by Gasteiger charge is 2.56. The van der Waals surface area contributed by atoms with Gasteiger partial charge in [-0.25, -0.2) is 14.4 Å². The summed E-state index contributed by atoms with van der Waals surface area (Å²) in [5.41, 5.74) is 4.22. The number of esters is 3. The highest BCUT2D eigenvalue weighted by molar-refractivity contribution is 5.91. The Morgan fingerprint density at radius 2 is 0.648 bits per heavy atom. The van der Waals surface area contributed by atoms with Crippen molar-refractivity contribution >= 4 is 17.9 Å². The third-order valence-electron chi connectivity index (χ3n) is 15.5. The molecule has 88 heavy (non-hydrogen) atoms. The molecule has 11 rings (SSSR count). The van der Waals surface area contributed by atoms with Gasteiger partial charge in [0, 0.05) is 7.11 Å². The molecule has 0 unspecified atom stereocenters. The van der Waals surface area contributed by atoms with Gasteiger partial charge in [-0.05, 0) is 69.8 Å². The molecular formula is C74H68O14. The van der Waals surface area contributed by atoms with E-state index in [0.29, 0.717) is 0 Å². The van der Waals surface area contributed by atoms with E-state index in [-0.39, 0.29) is 49.7 Å². The number of ether oxygens (including phenoxy) is 11. The molecule has 0 radical (unpaired) electrons. The van der Waals surface area contributed by atoms with Gasteiger partial charge in [0.1, 0.15) is 36.1 Å². The van der Waals surface area contributed by atoms with Gasteiger partial charge in [0.05, 0.1) is 49.7 Å². The zero-order valence-corrected chi connectivity index (χ0v) is 48.5. The molecule has 9 aromatic rings. The lowest BCUT2D eigenvalue weighted by atomic mass is 9.80. The van der Waals surface area contributed by atoms with E-state index in [1.54, 1.807) is 91.0 Å². The number of rotatable bonds is 25. The van der Waals surface area contributed by atoms with Gasteiger partial charge >= 0.3 is 17.9 Å². The topological polar surface area (TPSA) is 153 Å². The van der Waals surface area contributed by atoms with Crippen LogP contribution in [0.1, 0.15) is 64.5 Å². The van der Waals surface area contributed by atoms with Gasteiger partial charge in [0.15, 0.2) is 30.9 Å². The van der Waals surface area contributed by atoms with Crippen molar-refractivity contribution in [3.63, 3.8) is 0 Å². The van der Waals surface area contributed by atoms with Crippen molar-refractivity contribution in [1.82, 2.24) is 0 Å². The van der Waals surface area contributed by atoms with Gasteiger partial charge < -0.3 is 52.1 Å². The molecule has 0 saturated carbocycles. The summed E-state index contributed by atoms with van der Waals surface area (Å²) < 4.78 is 75.1. The van der Waals surface area contributed by atoms with Crippen LogP contribution in [-0.4, -0.2) is 99.6 Å². The van der Waals surface area contributed by atoms with Crippen LogP contribution in [0, 0.1) is 0 Å². The minimum Gasteiger partial charge on any atom is -0.452 e. The monoisotopic (exact) mass is 1180 g/mol. The Bertz CT molecular complexity index is 3460. The summed E-state index contributed by atoms with van der Waals surface area (Å²) in [5.74, 6) is -2.40. The fourth-order valence-electron chi connectivity index (χ4n) is 11.1. The molecule has 14 heteroatoms. The molecule has 9 aromatic carbocycles. The molecule has 2 aliphatic rings. The lowest BCUT2D eigenvalue weighted by Gasteiger charge is -2.47. The summed E-state index contributed by atoms with van der Waals surface area (Å²) in [6, 6.07) is 83.6. The van der Waals surface area contributed by atoms with Crippen LogP contribution in [0.5, 0.6) is 0 Å². The molecule has 10 atom stereocenters. The van der Waals surface area contributed by atoms with E-state index in [9.17, 15) is 14.4 Å². The molecule has 2 fully saturated rings. The highest BCUT2D eigenvalue weighted by atomic mass is 16.8. The van der Waals surface area contributed by atoms with Crippen molar-refractivity contribution < 1.29 is 66.5 Å². The number of carbonyl (C=O) groups is 3. The molecule has 0 amide bonds. The standard InChI is InChI=1S/C74H68O14/c1-78-72-67(81-49-54-33-15-4-16-34-54)65(80-48-53-31-13-3-14-32-53)63(79-47-52-29-11-2-12-30-52)61(84-72)50-82-73-68(88-71(77)57-39-21-7-22-40-57)66(87-70(76)56-37-19-6-20-38-56)64(86-69(75)55-35-17-5-18-36-55)62(85-73)51-83-74(58-41-23-8-24-42-58,59-43-25-9-26-44-59)60-45-27-10-28-46-60/h2-46,61-68,72-73H,47-51H2,1H3/t61-,62-,63-,64-,65+,66+,67-,68-,72+,73-/m1/s1. The second kappa shape index (κ2) is 30.1. The van der Waals surface area contributed by atoms with Crippen LogP contribution in [0.3, 0.4) is 0 Å². The second-order valence-electron chi connectivity index (χ2n) is 21.2. The summed E-state index contributed by atoms with van der Waals surface area (Å²) in [6.45, 7) is -0.170. The van der Waals surface area contributed by atoms with Crippen molar-refractivity contribution in [2.75, 3.05) is 20.3 Å². The first-order valence-electron chi connectivity index (χ1n) is 29.3. The summed E-state index contributed by atoms with van der Waals surface area (Å²) >= 11 is 0. The molecule has 14 nitrogen and oxygen atoms in total. The van der Waals surface area contributed by atoms with Crippen LogP contribution in [0.25, 0.3) is 0 Å². The predicted octanol–water partition coefficient (Wildman–Crippen LogP) is 12.5. The van der Waals surface area contributed by atoms with E-state index in [4.69, 9.17) is 52.1 Å². The number of benzene rings is 9. The SMILES string of the molecule is CO[C@H]1O[C@H](CO[C@@H]2O[C@H](COC(c3ccccc3)(c3ccccc3)c3ccccc3)[C@@H](OC(=O)c3ccccc3)[C@H](OC(=O)c3ccccc3)[C@H]2OC(=O)c2ccccc2)[C@@H](OCc2ccccc2)[C@H](OCc2ccccc2)[C@H]1OCc1ccccc1. The second-order valence-corrected chi connectivity index (χ2v) is 21.2. The maximum Gasteiger partial charge on any atom is 0.338 e. The van der Waals surface area contributed by atoms with E-state index in [1.165, 1.54) is 7.11 Å². The Hall–Kier alpha value is -8.93. The summed E-state index contributed by atoms with van der Waals surface area (Å²) in [4.78, 5) is 44.2. The summed E-state index contributed by atoms with van der Waals surface area (Å²) in [7, 11) is 1.53. The van der Waals surface area contributed by atoms with Crippen molar-refractivity contribution in [3.8, 4) is 0 Å². The van der Waals surface area contributed by atoms with E-state index >= 15 is 0 Å². The average Bonchev–Trinajstić information content (AvgIpc) is 1.20. The Morgan fingerprint density at radius 3 is 1.05 bits per heavy atom. The van der Waals surface area contributed by atoms with Crippen LogP contribution >= 0.6 is 0 Å². The molecule has 0 aromatic heterocycles. The molecule has 2 aliphatic heterocycles. The van der Waals surface area contributed by atoms with Gasteiger partial charge in [-0.15, -0.1) is 0 Å². The number of methoxy groups -OCH3 is 1. The maximum absolute atomic E-state index is 14.8. The maximum atomic E-state index is 14.8. The van der Waals surface area contributed by atoms with Crippen LogP contribution in [-0.2, 0) is 77.5 Å². The molecule has 0 aliphatic carbocycles. The molecule has 2 saturated heterocycles.